The Morgan fingerprint density at radius 1 is 1.25 bits per heavy atom. The van der Waals surface area contributed by atoms with Gasteiger partial charge in [-0.15, -0.1) is 0 Å². The van der Waals surface area contributed by atoms with Crippen LogP contribution in [0.1, 0.15) is 30.5 Å². The molecule has 3 rings (SSSR count). The van der Waals surface area contributed by atoms with Gasteiger partial charge in [-0.3, -0.25) is 14.5 Å². The van der Waals surface area contributed by atoms with E-state index < -0.39 is 17.6 Å². The number of hydrogen-bond donors (Lipinski definition) is 1. The fourth-order valence-electron chi connectivity index (χ4n) is 2.94. The van der Waals surface area contributed by atoms with Crippen LogP contribution in [0.3, 0.4) is 0 Å². The molecule has 1 N–H and O–H groups in total. The number of nitrogens with zero attached hydrogens (tertiary/aromatic N) is 3. The van der Waals surface area contributed by atoms with Gasteiger partial charge in [-0.25, -0.2) is 4.68 Å². The van der Waals surface area contributed by atoms with E-state index in [0.717, 1.165) is 18.6 Å². The number of benzene rings is 1. The molecule has 0 aliphatic carbocycles. The minimum Gasteiger partial charge on any atom is -0.343 e. The Balaban J connectivity index is 1.54. The highest BCUT2D eigenvalue weighted by molar-refractivity contribution is 5.99. The maximum absolute atomic E-state index is 12.5. The summed E-state index contributed by atoms with van der Waals surface area (Å²) in [4.78, 5) is 25.9. The number of carbonyl (C=O) groups excluding carboxylic acids is 2. The molecule has 0 radical (unpaired) electrons. The second kappa shape index (κ2) is 7.87. The lowest BCUT2D eigenvalue weighted by Gasteiger charge is -2.31. The van der Waals surface area contributed by atoms with Crippen LogP contribution in [0, 0.1) is 0 Å². The lowest BCUT2D eigenvalue weighted by Crippen LogP contribution is -2.44. The number of aromatic nitrogens is 2. The molecule has 28 heavy (non-hydrogen) atoms. The molecule has 2 aromatic rings. The topological polar surface area (TPSA) is 67.2 Å². The Morgan fingerprint density at radius 3 is 2.64 bits per heavy atom. The number of hydrogen-bond acceptors (Lipinski definition) is 3. The van der Waals surface area contributed by atoms with Gasteiger partial charge in [0.2, 0.25) is 11.8 Å². The zero-order valence-corrected chi connectivity index (χ0v) is 15.1. The first kappa shape index (κ1) is 19.7. The summed E-state index contributed by atoms with van der Waals surface area (Å²) in [5.74, 6) is -0.0737. The molecular formula is C19H19F3N4O2. The van der Waals surface area contributed by atoms with Gasteiger partial charge in [0, 0.05) is 18.7 Å². The van der Waals surface area contributed by atoms with E-state index in [0.29, 0.717) is 17.9 Å². The van der Waals surface area contributed by atoms with Crippen LogP contribution in [-0.4, -0.2) is 34.7 Å². The number of alkyl halides is 3. The third kappa shape index (κ3) is 4.41. The Bertz CT molecular complexity index is 887. The van der Waals surface area contributed by atoms with Crippen LogP contribution in [0.25, 0.3) is 6.08 Å². The van der Waals surface area contributed by atoms with Crippen LogP contribution in [0.2, 0.25) is 0 Å². The van der Waals surface area contributed by atoms with Crippen LogP contribution >= 0.6 is 0 Å². The predicted molar refractivity (Wildman–Crippen MR) is 97.4 cm³/mol. The lowest BCUT2D eigenvalue weighted by molar-refractivity contribution is -0.137. The smallest absolute Gasteiger partial charge is 0.343 e. The Labute approximate surface area is 159 Å². The van der Waals surface area contributed by atoms with Crippen molar-refractivity contribution in [2.75, 3.05) is 18.0 Å². The van der Waals surface area contributed by atoms with Gasteiger partial charge >= 0.3 is 6.18 Å². The third-order valence-electron chi connectivity index (χ3n) is 4.49. The Morgan fingerprint density at radius 2 is 1.96 bits per heavy atom. The first-order valence-electron chi connectivity index (χ1n) is 8.73. The number of fused-ring (bicyclic) bond motifs is 1. The molecule has 1 atom stereocenters. The first-order valence-corrected chi connectivity index (χ1v) is 8.73. The van der Waals surface area contributed by atoms with E-state index in [-0.39, 0.29) is 18.5 Å². The standard InChI is InChI=1S/C19H19F3N4O2/c1-13-9-11-25(17-8-10-24-26(13)17)18(28)12-23-16(27)7-4-14-2-5-15(6-3-14)19(20,21)22/h2-8,10,13H,9,11-12H2,1H3,(H,23,27)/b7-4+. The summed E-state index contributed by atoms with van der Waals surface area (Å²) in [6.07, 6.45) is 0.558. The van der Waals surface area contributed by atoms with Gasteiger partial charge in [0.1, 0.15) is 5.82 Å². The quantitative estimate of drug-likeness (QED) is 0.814. The first-order chi connectivity index (χ1) is 13.3. The second-order valence-electron chi connectivity index (χ2n) is 6.49. The molecule has 0 saturated carbocycles. The van der Waals surface area contributed by atoms with E-state index in [1.54, 1.807) is 21.8 Å². The van der Waals surface area contributed by atoms with Gasteiger partial charge < -0.3 is 5.32 Å². The largest absolute Gasteiger partial charge is 0.416 e. The lowest BCUT2D eigenvalue weighted by atomic mass is 10.1. The summed E-state index contributed by atoms with van der Waals surface area (Å²) in [6, 6.07) is 6.39. The molecule has 1 aromatic heterocycles. The van der Waals surface area contributed by atoms with Crippen molar-refractivity contribution in [1.29, 1.82) is 0 Å². The number of rotatable bonds is 4. The van der Waals surface area contributed by atoms with Crippen molar-refractivity contribution in [1.82, 2.24) is 15.1 Å². The average molecular weight is 392 g/mol. The van der Waals surface area contributed by atoms with Crippen molar-refractivity contribution in [3.05, 3.63) is 53.7 Å². The maximum Gasteiger partial charge on any atom is 0.416 e. The van der Waals surface area contributed by atoms with E-state index in [4.69, 9.17) is 0 Å². The minimum atomic E-state index is -4.40. The Kier molecular flexibility index (Phi) is 5.53. The SMILES string of the molecule is CC1CCN(C(=O)CNC(=O)/C=C/c2ccc(C(F)(F)F)cc2)c2ccnn21. The highest BCUT2D eigenvalue weighted by Gasteiger charge is 2.30. The Hall–Kier alpha value is -3.10. The fraction of sp³-hybridized carbons (Fsp3) is 0.316. The summed E-state index contributed by atoms with van der Waals surface area (Å²) >= 11 is 0. The summed E-state index contributed by atoms with van der Waals surface area (Å²) < 4.78 is 39.4. The summed E-state index contributed by atoms with van der Waals surface area (Å²) in [7, 11) is 0. The van der Waals surface area contributed by atoms with Crippen LogP contribution in [0.5, 0.6) is 0 Å². The van der Waals surface area contributed by atoms with Gasteiger partial charge in [0.05, 0.1) is 24.3 Å². The van der Waals surface area contributed by atoms with Crippen LogP contribution in [0.15, 0.2) is 42.6 Å². The van der Waals surface area contributed by atoms with Crippen molar-refractivity contribution in [2.45, 2.75) is 25.6 Å². The van der Waals surface area contributed by atoms with Crippen molar-refractivity contribution in [2.24, 2.45) is 0 Å². The second-order valence-corrected chi connectivity index (χ2v) is 6.49. The molecule has 2 heterocycles. The number of carbonyl (C=O) groups is 2. The van der Waals surface area contributed by atoms with E-state index >= 15 is 0 Å². The maximum atomic E-state index is 12.5. The summed E-state index contributed by atoms with van der Waals surface area (Å²) in [5.41, 5.74) is -0.307. The van der Waals surface area contributed by atoms with Gasteiger partial charge in [0.15, 0.2) is 0 Å². The van der Waals surface area contributed by atoms with Crippen LogP contribution in [-0.2, 0) is 15.8 Å². The zero-order chi connectivity index (χ0) is 20.3. The van der Waals surface area contributed by atoms with E-state index in [1.807, 2.05) is 6.92 Å². The third-order valence-corrected chi connectivity index (χ3v) is 4.49. The highest BCUT2D eigenvalue weighted by Crippen LogP contribution is 2.29. The number of amides is 2. The molecule has 148 valence electrons. The molecule has 0 spiro atoms. The molecule has 1 aliphatic rings. The number of anilines is 1. The molecule has 1 unspecified atom stereocenters. The molecular weight excluding hydrogens is 373 g/mol. The molecule has 1 aliphatic heterocycles. The fourth-order valence-corrected chi connectivity index (χ4v) is 2.94. The molecule has 2 amide bonds. The summed E-state index contributed by atoms with van der Waals surface area (Å²) in [6.45, 7) is 2.38. The molecule has 9 heteroatoms. The molecule has 0 fully saturated rings. The van der Waals surface area contributed by atoms with Gasteiger partial charge in [-0.2, -0.15) is 18.3 Å². The van der Waals surface area contributed by atoms with E-state index in [2.05, 4.69) is 10.4 Å². The average Bonchev–Trinajstić information content (AvgIpc) is 3.15. The predicted octanol–water partition coefficient (Wildman–Crippen LogP) is 3.03. The molecule has 1 aromatic carbocycles. The van der Waals surface area contributed by atoms with Crippen molar-refractivity contribution in [3.63, 3.8) is 0 Å². The number of halogens is 3. The van der Waals surface area contributed by atoms with Gasteiger partial charge in [-0.1, -0.05) is 12.1 Å². The number of nitrogens with one attached hydrogen (secondary N) is 1. The normalized spacial score (nSPS) is 16.9. The van der Waals surface area contributed by atoms with Gasteiger partial charge in [-0.05, 0) is 37.1 Å². The summed E-state index contributed by atoms with van der Waals surface area (Å²) in [5, 5.41) is 6.70. The van der Waals surface area contributed by atoms with Crippen molar-refractivity contribution >= 4 is 23.7 Å². The molecule has 0 saturated heterocycles. The minimum absolute atomic E-state index is 0.185. The zero-order valence-electron chi connectivity index (χ0n) is 15.1. The molecule has 0 bridgehead atoms. The van der Waals surface area contributed by atoms with Crippen LogP contribution in [0.4, 0.5) is 19.0 Å². The van der Waals surface area contributed by atoms with Crippen molar-refractivity contribution in [3.8, 4) is 0 Å². The van der Waals surface area contributed by atoms with Gasteiger partial charge in [0.25, 0.3) is 0 Å². The van der Waals surface area contributed by atoms with Crippen LogP contribution < -0.4 is 10.2 Å². The monoisotopic (exact) mass is 392 g/mol. The van der Waals surface area contributed by atoms with Crippen molar-refractivity contribution < 1.29 is 22.8 Å². The molecule has 6 nitrogen and oxygen atoms in total. The van der Waals surface area contributed by atoms with E-state index in [9.17, 15) is 22.8 Å². The van der Waals surface area contributed by atoms with E-state index in [1.165, 1.54) is 24.3 Å². The highest BCUT2D eigenvalue weighted by atomic mass is 19.4.